The van der Waals surface area contributed by atoms with E-state index in [4.69, 9.17) is 5.73 Å². The van der Waals surface area contributed by atoms with Crippen LogP contribution in [-0.4, -0.2) is 28.7 Å². The van der Waals surface area contributed by atoms with E-state index in [0.29, 0.717) is 18.2 Å². The molecule has 1 atom stereocenters. The van der Waals surface area contributed by atoms with E-state index < -0.39 is 0 Å². The number of carbonyl (C=O) groups excluding carboxylic acids is 1. The van der Waals surface area contributed by atoms with Gasteiger partial charge in [0.15, 0.2) is 0 Å². The highest BCUT2D eigenvalue weighted by molar-refractivity contribution is 5.92. The van der Waals surface area contributed by atoms with Crippen molar-refractivity contribution in [3.63, 3.8) is 0 Å². The van der Waals surface area contributed by atoms with E-state index in [-0.39, 0.29) is 11.9 Å². The number of nitrogens with zero attached hydrogens (tertiary/aromatic N) is 1. The van der Waals surface area contributed by atoms with Crippen LogP contribution in [0.1, 0.15) is 30.8 Å². The van der Waals surface area contributed by atoms with Crippen LogP contribution >= 0.6 is 0 Å². The first-order valence-corrected chi connectivity index (χ1v) is 5.13. The number of hydrogen-bond donors (Lipinski definition) is 3. The molecule has 0 aliphatic heterocycles. The molecule has 4 N–H and O–H groups in total. The van der Waals surface area contributed by atoms with Crippen molar-refractivity contribution < 1.29 is 4.79 Å². The number of amides is 1. The lowest BCUT2D eigenvalue weighted by molar-refractivity contribution is 0.0928. The average molecular weight is 210 g/mol. The van der Waals surface area contributed by atoms with Gasteiger partial charge < -0.3 is 11.1 Å². The van der Waals surface area contributed by atoms with E-state index >= 15 is 0 Å². The molecular formula is C10H18N4O. The van der Waals surface area contributed by atoms with Crippen molar-refractivity contribution in [3.8, 4) is 0 Å². The molecule has 84 valence electrons. The van der Waals surface area contributed by atoms with Gasteiger partial charge in [-0.25, -0.2) is 0 Å². The lowest BCUT2D eigenvalue weighted by Crippen LogP contribution is -2.41. The topological polar surface area (TPSA) is 83.8 Å². The van der Waals surface area contributed by atoms with Gasteiger partial charge in [-0.05, 0) is 18.4 Å². The first-order valence-electron chi connectivity index (χ1n) is 5.13. The highest BCUT2D eigenvalue weighted by Gasteiger charge is 2.14. The van der Waals surface area contributed by atoms with Crippen molar-refractivity contribution in [3.05, 3.63) is 18.0 Å². The zero-order chi connectivity index (χ0) is 11.3. The van der Waals surface area contributed by atoms with Gasteiger partial charge in [-0.15, -0.1) is 0 Å². The van der Waals surface area contributed by atoms with Gasteiger partial charge in [0, 0.05) is 18.8 Å². The smallest absolute Gasteiger partial charge is 0.269 e. The Kier molecular flexibility index (Phi) is 4.30. The second-order valence-corrected chi connectivity index (χ2v) is 4.01. The molecule has 5 heteroatoms. The number of aromatic amines is 1. The molecule has 0 aliphatic carbocycles. The van der Waals surface area contributed by atoms with Crippen LogP contribution in [0.5, 0.6) is 0 Å². The normalized spacial score (nSPS) is 12.8. The van der Waals surface area contributed by atoms with E-state index in [0.717, 1.165) is 6.42 Å². The van der Waals surface area contributed by atoms with Crippen LogP contribution in [-0.2, 0) is 0 Å². The molecule has 0 spiro atoms. The summed E-state index contributed by atoms with van der Waals surface area (Å²) >= 11 is 0. The molecule has 0 bridgehead atoms. The molecule has 1 rings (SSSR count). The van der Waals surface area contributed by atoms with Crippen LogP contribution in [0.15, 0.2) is 12.3 Å². The van der Waals surface area contributed by atoms with Gasteiger partial charge in [-0.1, -0.05) is 13.8 Å². The molecule has 0 aliphatic rings. The fraction of sp³-hybridized carbons (Fsp3) is 0.600. The molecule has 0 saturated carbocycles. The second-order valence-electron chi connectivity index (χ2n) is 4.01. The number of carbonyl (C=O) groups is 1. The Balaban J connectivity index is 2.48. The molecule has 5 nitrogen and oxygen atoms in total. The largest absolute Gasteiger partial charge is 0.347 e. The van der Waals surface area contributed by atoms with E-state index in [9.17, 15) is 4.79 Å². The Morgan fingerprint density at radius 2 is 2.40 bits per heavy atom. The summed E-state index contributed by atoms with van der Waals surface area (Å²) in [6, 6.07) is 1.67. The minimum atomic E-state index is -0.149. The predicted octanol–water partition coefficient (Wildman–Crippen LogP) is 0.513. The minimum Gasteiger partial charge on any atom is -0.347 e. The maximum Gasteiger partial charge on any atom is 0.269 e. The van der Waals surface area contributed by atoms with Crippen molar-refractivity contribution in [2.45, 2.75) is 26.3 Å². The Labute approximate surface area is 89.4 Å². The van der Waals surface area contributed by atoms with Gasteiger partial charge in [0.2, 0.25) is 0 Å². The molecule has 1 amide bonds. The quantitative estimate of drug-likeness (QED) is 0.662. The molecule has 0 aromatic carbocycles. The maximum atomic E-state index is 11.6. The summed E-state index contributed by atoms with van der Waals surface area (Å²) in [5, 5.41) is 9.20. The lowest BCUT2D eigenvalue weighted by Gasteiger charge is -2.18. The number of nitrogens with one attached hydrogen (secondary N) is 2. The molecule has 1 heterocycles. The van der Waals surface area contributed by atoms with Crippen molar-refractivity contribution in [1.29, 1.82) is 0 Å². The van der Waals surface area contributed by atoms with E-state index in [1.165, 1.54) is 0 Å². The summed E-state index contributed by atoms with van der Waals surface area (Å²) in [6.07, 6.45) is 2.44. The lowest BCUT2D eigenvalue weighted by atomic mass is 10.0. The third-order valence-corrected chi connectivity index (χ3v) is 2.12. The number of aromatic nitrogens is 2. The minimum absolute atomic E-state index is 0.0285. The fourth-order valence-corrected chi connectivity index (χ4v) is 1.43. The van der Waals surface area contributed by atoms with E-state index in [2.05, 4.69) is 29.4 Å². The molecule has 0 fully saturated rings. The van der Waals surface area contributed by atoms with Gasteiger partial charge in [0.1, 0.15) is 5.69 Å². The van der Waals surface area contributed by atoms with Gasteiger partial charge in [-0.2, -0.15) is 5.10 Å². The standard InChI is InChI=1S/C10H18N4O/c1-7(2)5-8(6-11)13-10(15)9-3-4-12-14-9/h3-4,7-8H,5-6,11H2,1-2H3,(H,12,14)(H,13,15). The van der Waals surface area contributed by atoms with Gasteiger partial charge in [0.05, 0.1) is 0 Å². The molecule has 1 aromatic rings. The molecule has 15 heavy (non-hydrogen) atoms. The summed E-state index contributed by atoms with van der Waals surface area (Å²) in [5.74, 6) is 0.365. The number of nitrogens with two attached hydrogens (primary N) is 1. The highest BCUT2D eigenvalue weighted by atomic mass is 16.2. The van der Waals surface area contributed by atoms with E-state index in [1.54, 1.807) is 12.3 Å². The Hall–Kier alpha value is -1.36. The third-order valence-electron chi connectivity index (χ3n) is 2.12. The third kappa shape index (κ3) is 3.71. The SMILES string of the molecule is CC(C)CC(CN)NC(=O)c1ccn[nH]1. The summed E-state index contributed by atoms with van der Waals surface area (Å²) < 4.78 is 0. The van der Waals surface area contributed by atoms with Crippen LogP contribution in [0, 0.1) is 5.92 Å². The maximum absolute atomic E-state index is 11.6. The van der Waals surface area contributed by atoms with E-state index in [1.807, 2.05) is 0 Å². The summed E-state index contributed by atoms with van der Waals surface area (Å²) in [4.78, 5) is 11.6. The van der Waals surface area contributed by atoms with Crippen molar-refractivity contribution in [2.75, 3.05) is 6.54 Å². The van der Waals surface area contributed by atoms with Crippen LogP contribution < -0.4 is 11.1 Å². The second kappa shape index (κ2) is 5.50. The number of H-pyrrole nitrogens is 1. The Bertz CT molecular complexity index is 294. The van der Waals surface area contributed by atoms with Gasteiger partial charge in [-0.3, -0.25) is 9.89 Å². The summed E-state index contributed by atoms with van der Waals surface area (Å²) in [6.45, 7) is 4.66. The van der Waals surface area contributed by atoms with Crippen LogP contribution in [0.4, 0.5) is 0 Å². The van der Waals surface area contributed by atoms with Crippen LogP contribution in [0.25, 0.3) is 0 Å². The first kappa shape index (κ1) is 11.7. The van der Waals surface area contributed by atoms with Crippen molar-refractivity contribution in [1.82, 2.24) is 15.5 Å². The zero-order valence-electron chi connectivity index (χ0n) is 9.16. The van der Waals surface area contributed by atoms with Crippen LogP contribution in [0.2, 0.25) is 0 Å². The summed E-state index contributed by atoms with van der Waals surface area (Å²) in [5.41, 5.74) is 6.05. The van der Waals surface area contributed by atoms with Crippen molar-refractivity contribution >= 4 is 5.91 Å². The Morgan fingerprint density at radius 3 is 2.87 bits per heavy atom. The first-order chi connectivity index (χ1) is 7.13. The average Bonchev–Trinajstić information content (AvgIpc) is 2.68. The molecule has 0 radical (unpaired) electrons. The van der Waals surface area contributed by atoms with Crippen molar-refractivity contribution in [2.24, 2.45) is 11.7 Å². The number of rotatable bonds is 5. The Morgan fingerprint density at radius 1 is 1.67 bits per heavy atom. The monoisotopic (exact) mass is 210 g/mol. The molecule has 0 saturated heterocycles. The zero-order valence-corrected chi connectivity index (χ0v) is 9.16. The fourth-order valence-electron chi connectivity index (χ4n) is 1.43. The predicted molar refractivity (Wildman–Crippen MR) is 58.4 cm³/mol. The highest BCUT2D eigenvalue weighted by Crippen LogP contribution is 2.04. The van der Waals surface area contributed by atoms with Gasteiger partial charge in [0.25, 0.3) is 5.91 Å². The molecule has 1 aromatic heterocycles. The summed E-state index contributed by atoms with van der Waals surface area (Å²) in [7, 11) is 0. The number of hydrogen-bond acceptors (Lipinski definition) is 3. The molecule has 1 unspecified atom stereocenters. The molecular weight excluding hydrogens is 192 g/mol. The van der Waals surface area contributed by atoms with Gasteiger partial charge >= 0.3 is 0 Å². The van der Waals surface area contributed by atoms with Crippen LogP contribution in [0.3, 0.4) is 0 Å².